The molecular weight excluding hydrogens is 269 g/mol. The maximum Gasteiger partial charge on any atom is 0.244 e. The highest BCUT2D eigenvalue weighted by Crippen LogP contribution is 2.25. The average Bonchev–Trinajstić information content (AvgIpc) is 2.72. The SMILES string of the molecule is CC1(C)CC(=O)N(c2ccc(-c3cccc(F)c3)cn2)N1. The fourth-order valence-electron chi connectivity index (χ4n) is 2.40. The number of carbonyl (C=O) groups is 1. The van der Waals surface area contributed by atoms with E-state index in [0.29, 0.717) is 12.2 Å². The van der Waals surface area contributed by atoms with Gasteiger partial charge in [-0.05, 0) is 43.7 Å². The van der Waals surface area contributed by atoms with Crippen molar-refractivity contribution < 1.29 is 9.18 Å². The second kappa shape index (κ2) is 4.93. The number of aromatic nitrogens is 1. The minimum Gasteiger partial charge on any atom is -0.273 e. The predicted octanol–water partition coefficient (Wildman–Crippen LogP) is 2.91. The Labute approximate surface area is 122 Å². The number of hydrogen-bond donors (Lipinski definition) is 1. The van der Waals surface area contributed by atoms with Crippen LogP contribution in [0.1, 0.15) is 20.3 Å². The summed E-state index contributed by atoms with van der Waals surface area (Å²) in [7, 11) is 0. The third kappa shape index (κ3) is 2.78. The van der Waals surface area contributed by atoms with Crippen LogP contribution < -0.4 is 10.4 Å². The molecule has 1 fully saturated rings. The van der Waals surface area contributed by atoms with Gasteiger partial charge in [-0.3, -0.25) is 4.79 Å². The first kappa shape index (κ1) is 13.7. The number of carbonyl (C=O) groups excluding carboxylic acids is 1. The lowest BCUT2D eigenvalue weighted by atomic mass is 10.0. The van der Waals surface area contributed by atoms with Gasteiger partial charge in [0.25, 0.3) is 0 Å². The third-order valence-electron chi connectivity index (χ3n) is 3.39. The van der Waals surface area contributed by atoms with Crippen molar-refractivity contribution >= 4 is 11.7 Å². The third-order valence-corrected chi connectivity index (χ3v) is 3.39. The highest BCUT2D eigenvalue weighted by Gasteiger charge is 2.36. The topological polar surface area (TPSA) is 45.2 Å². The summed E-state index contributed by atoms with van der Waals surface area (Å²) in [6.45, 7) is 3.93. The Hall–Kier alpha value is -2.27. The Kier molecular flexibility index (Phi) is 3.22. The van der Waals surface area contributed by atoms with Crippen molar-refractivity contribution in [1.29, 1.82) is 0 Å². The number of rotatable bonds is 2. The lowest BCUT2D eigenvalue weighted by Crippen LogP contribution is -2.42. The fourth-order valence-corrected chi connectivity index (χ4v) is 2.40. The van der Waals surface area contributed by atoms with Crippen LogP contribution in [-0.4, -0.2) is 16.4 Å². The van der Waals surface area contributed by atoms with E-state index in [1.807, 2.05) is 26.0 Å². The van der Waals surface area contributed by atoms with Crippen LogP contribution in [0.3, 0.4) is 0 Å². The highest BCUT2D eigenvalue weighted by atomic mass is 19.1. The van der Waals surface area contributed by atoms with Crippen LogP contribution >= 0.6 is 0 Å². The largest absolute Gasteiger partial charge is 0.273 e. The number of anilines is 1. The van der Waals surface area contributed by atoms with E-state index < -0.39 is 0 Å². The van der Waals surface area contributed by atoms with Crippen molar-refractivity contribution in [3.05, 3.63) is 48.4 Å². The Morgan fingerprint density at radius 1 is 1.24 bits per heavy atom. The van der Waals surface area contributed by atoms with Gasteiger partial charge in [0.2, 0.25) is 5.91 Å². The molecule has 1 amide bonds. The van der Waals surface area contributed by atoms with Gasteiger partial charge in [0.15, 0.2) is 0 Å². The highest BCUT2D eigenvalue weighted by molar-refractivity contribution is 5.94. The van der Waals surface area contributed by atoms with Crippen molar-refractivity contribution in [3.63, 3.8) is 0 Å². The Balaban J connectivity index is 1.87. The fraction of sp³-hybridized carbons (Fsp3) is 0.250. The molecule has 1 aliphatic rings. The Morgan fingerprint density at radius 3 is 2.62 bits per heavy atom. The predicted molar refractivity (Wildman–Crippen MR) is 78.9 cm³/mol. The van der Waals surface area contributed by atoms with Gasteiger partial charge < -0.3 is 0 Å². The zero-order valence-corrected chi connectivity index (χ0v) is 11.9. The molecule has 1 saturated heterocycles. The van der Waals surface area contributed by atoms with Crippen molar-refractivity contribution in [1.82, 2.24) is 10.4 Å². The first-order valence-corrected chi connectivity index (χ1v) is 6.77. The molecule has 21 heavy (non-hydrogen) atoms. The molecule has 1 aromatic heterocycles. The van der Waals surface area contributed by atoms with Crippen LogP contribution in [0.5, 0.6) is 0 Å². The van der Waals surface area contributed by atoms with Crippen LogP contribution in [0.15, 0.2) is 42.6 Å². The van der Waals surface area contributed by atoms with Crippen LogP contribution in [0, 0.1) is 5.82 Å². The second-order valence-corrected chi connectivity index (χ2v) is 5.82. The van der Waals surface area contributed by atoms with Crippen molar-refractivity contribution in [3.8, 4) is 11.1 Å². The summed E-state index contributed by atoms with van der Waals surface area (Å²) < 4.78 is 13.2. The minimum absolute atomic E-state index is 0.00833. The number of pyridine rings is 1. The molecule has 5 heteroatoms. The standard InChI is InChI=1S/C16H16FN3O/c1-16(2)9-15(21)20(19-16)14-7-6-12(10-18-14)11-4-3-5-13(17)8-11/h3-8,10,19H,9H2,1-2H3. The molecule has 108 valence electrons. The number of nitrogens with one attached hydrogen (secondary N) is 1. The molecule has 2 heterocycles. The van der Waals surface area contributed by atoms with E-state index in [1.165, 1.54) is 17.1 Å². The van der Waals surface area contributed by atoms with E-state index in [1.54, 1.807) is 18.3 Å². The first-order chi connectivity index (χ1) is 9.94. The number of halogens is 1. The van der Waals surface area contributed by atoms with Gasteiger partial charge in [-0.25, -0.2) is 19.8 Å². The molecular formula is C16H16FN3O. The zero-order chi connectivity index (χ0) is 15.0. The average molecular weight is 285 g/mol. The zero-order valence-electron chi connectivity index (χ0n) is 11.9. The molecule has 0 spiro atoms. The summed E-state index contributed by atoms with van der Waals surface area (Å²) in [4.78, 5) is 16.3. The molecule has 1 aliphatic heterocycles. The van der Waals surface area contributed by atoms with E-state index >= 15 is 0 Å². The monoisotopic (exact) mass is 285 g/mol. The molecule has 1 aromatic carbocycles. The first-order valence-electron chi connectivity index (χ1n) is 6.77. The lowest BCUT2D eigenvalue weighted by Gasteiger charge is -2.20. The second-order valence-electron chi connectivity index (χ2n) is 5.82. The lowest BCUT2D eigenvalue weighted by molar-refractivity contribution is -0.117. The van der Waals surface area contributed by atoms with Gasteiger partial charge in [0.05, 0.1) is 0 Å². The maximum atomic E-state index is 13.2. The van der Waals surface area contributed by atoms with Crippen LogP contribution in [0.4, 0.5) is 10.2 Å². The summed E-state index contributed by atoms with van der Waals surface area (Å²) >= 11 is 0. The summed E-state index contributed by atoms with van der Waals surface area (Å²) in [5, 5.41) is 1.47. The van der Waals surface area contributed by atoms with Gasteiger partial charge in [0.1, 0.15) is 11.6 Å². The Morgan fingerprint density at radius 2 is 2.05 bits per heavy atom. The number of benzene rings is 1. The minimum atomic E-state index is -0.283. The normalized spacial score (nSPS) is 17.3. The molecule has 0 aliphatic carbocycles. The summed E-state index contributed by atoms with van der Waals surface area (Å²) in [5.41, 5.74) is 4.43. The molecule has 1 N–H and O–H groups in total. The number of hydrazine groups is 1. The molecule has 0 bridgehead atoms. The van der Waals surface area contributed by atoms with Gasteiger partial charge in [-0.15, -0.1) is 0 Å². The molecule has 0 radical (unpaired) electrons. The number of nitrogens with zero attached hydrogens (tertiary/aromatic N) is 2. The van der Waals surface area contributed by atoms with E-state index in [2.05, 4.69) is 10.4 Å². The van der Waals surface area contributed by atoms with E-state index in [4.69, 9.17) is 0 Å². The quantitative estimate of drug-likeness (QED) is 0.922. The number of hydrogen-bond acceptors (Lipinski definition) is 3. The molecule has 4 nitrogen and oxygen atoms in total. The van der Waals surface area contributed by atoms with Crippen molar-refractivity contribution in [2.24, 2.45) is 0 Å². The maximum absolute atomic E-state index is 13.2. The van der Waals surface area contributed by atoms with Gasteiger partial charge in [0, 0.05) is 23.7 Å². The van der Waals surface area contributed by atoms with Crippen molar-refractivity contribution in [2.75, 3.05) is 5.01 Å². The Bertz CT molecular complexity index is 682. The van der Waals surface area contributed by atoms with E-state index in [0.717, 1.165) is 11.1 Å². The van der Waals surface area contributed by atoms with Crippen molar-refractivity contribution in [2.45, 2.75) is 25.8 Å². The molecule has 0 atom stereocenters. The summed E-state index contributed by atoms with van der Waals surface area (Å²) in [6.07, 6.45) is 2.07. The molecule has 3 rings (SSSR count). The van der Waals surface area contributed by atoms with Gasteiger partial charge in [-0.2, -0.15) is 0 Å². The smallest absolute Gasteiger partial charge is 0.244 e. The summed E-state index contributed by atoms with van der Waals surface area (Å²) in [6, 6.07) is 9.93. The molecule has 2 aromatic rings. The molecule has 0 saturated carbocycles. The van der Waals surface area contributed by atoms with Crippen LogP contribution in [0.25, 0.3) is 11.1 Å². The van der Waals surface area contributed by atoms with Gasteiger partial charge >= 0.3 is 0 Å². The van der Waals surface area contributed by atoms with E-state index in [9.17, 15) is 9.18 Å². The van der Waals surface area contributed by atoms with Crippen LogP contribution in [-0.2, 0) is 4.79 Å². The van der Waals surface area contributed by atoms with Gasteiger partial charge in [-0.1, -0.05) is 12.1 Å². The molecule has 0 unspecified atom stereocenters. The summed E-state index contributed by atoms with van der Waals surface area (Å²) in [5.74, 6) is 0.256. The number of amides is 1. The van der Waals surface area contributed by atoms with E-state index in [-0.39, 0.29) is 17.3 Å². The van der Waals surface area contributed by atoms with Crippen LogP contribution in [0.2, 0.25) is 0 Å².